The summed E-state index contributed by atoms with van der Waals surface area (Å²) < 4.78 is 12.3. The third-order valence-electron chi connectivity index (χ3n) is 7.24. The van der Waals surface area contributed by atoms with Crippen molar-refractivity contribution < 1.29 is 44.0 Å². The first kappa shape index (κ1) is 33.2. The van der Waals surface area contributed by atoms with Gasteiger partial charge in [-0.3, -0.25) is 14.9 Å². The number of nitrogens with zero attached hydrogens (tertiary/aromatic N) is 1. The maximum atomic E-state index is 11.7. The minimum atomic E-state index is -1.26. The van der Waals surface area contributed by atoms with Gasteiger partial charge in [0.15, 0.2) is 0 Å². The van der Waals surface area contributed by atoms with E-state index in [0.29, 0.717) is 29.4 Å². The standard InChI is InChI=1S/C27H32N2O5S.C4H4O4/c1-15-16(2)24-22(17(3)23(15)30)20(27(4,5)34-24)14-29(6)11-12-33-19-9-7-18(8-10-19)13-21-25(31)28-26(32)35-21;5-3(6)1-2-4(7)8/h7-10,13,20,30H,11-12,14H2,1-6H3,(H,28,31,32);1-2H,(H,5,6)(H,7,8)/b21-13-;2-1-. The molecule has 230 valence electrons. The van der Waals surface area contributed by atoms with Crippen molar-refractivity contribution in [2.75, 3.05) is 26.7 Å². The second-order valence-electron chi connectivity index (χ2n) is 10.8. The summed E-state index contributed by atoms with van der Waals surface area (Å²) in [4.78, 5) is 44.7. The van der Waals surface area contributed by atoms with Crippen LogP contribution in [-0.2, 0) is 14.4 Å². The Kier molecular flexibility index (Phi) is 10.7. The topological polar surface area (TPSA) is 163 Å². The van der Waals surface area contributed by atoms with Gasteiger partial charge in [-0.25, -0.2) is 9.59 Å². The Balaban J connectivity index is 0.000000557. The molecule has 1 atom stereocenters. The zero-order chi connectivity index (χ0) is 32.1. The van der Waals surface area contributed by atoms with Gasteiger partial charge in [0, 0.05) is 36.7 Å². The van der Waals surface area contributed by atoms with Gasteiger partial charge in [0.05, 0.1) is 4.91 Å². The number of fused-ring (bicyclic) bond motifs is 1. The number of carboxylic acids is 2. The molecule has 1 fully saturated rings. The fourth-order valence-electron chi connectivity index (χ4n) is 4.77. The Morgan fingerprint density at radius 1 is 1.05 bits per heavy atom. The quantitative estimate of drug-likeness (QED) is 0.292. The highest BCUT2D eigenvalue weighted by Gasteiger charge is 2.44. The molecule has 1 saturated heterocycles. The fraction of sp³-hybridized carbons (Fsp3) is 0.355. The van der Waals surface area contributed by atoms with Crippen LogP contribution in [0.25, 0.3) is 6.08 Å². The number of carbonyl (C=O) groups is 4. The van der Waals surface area contributed by atoms with Crippen LogP contribution in [0.15, 0.2) is 41.3 Å². The van der Waals surface area contributed by atoms with Gasteiger partial charge in [-0.05, 0) is 93.9 Å². The summed E-state index contributed by atoms with van der Waals surface area (Å²) in [6, 6.07) is 7.43. The molecule has 11 nitrogen and oxygen atoms in total. The minimum Gasteiger partial charge on any atom is -0.507 e. The van der Waals surface area contributed by atoms with E-state index >= 15 is 0 Å². The van der Waals surface area contributed by atoms with Crippen LogP contribution in [0.4, 0.5) is 4.79 Å². The van der Waals surface area contributed by atoms with Crippen LogP contribution < -0.4 is 14.8 Å². The van der Waals surface area contributed by atoms with Gasteiger partial charge >= 0.3 is 11.9 Å². The number of phenolic OH excluding ortho intramolecular Hbond substituents is 1. The number of ether oxygens (including phenoxy) is 2. The average Bonchev–Trinajstić information content (AvgIpc) is 3.39. The molecule has 0 aliphatic carbocycles. The molecule has 2 heterocycles. The Bertz CT molecular complexity index is 1460. The molecule has 0 saturated carbocycles. The number of aliphatic carboxylic acids is 2. The van der Waals surface area contributed by atoms with E-state index in [1.165, 1.54) is 0 Å². The number of carboxylic acid groups (broad SMARTS) is 2. The van der Waals surface area contributed by atoms with Crippen LogP contribution in [0.3, 0.4) is 0 Å². The SMILES string of the molecule is Cc1c(C)c2c(c(C)c1O)C(CN(C)CCOc1ccc(/C=C3\SC(=O)NC3=O)cc1)C(C)(C)O2.O=C(O)/C=C\C(=O)O. The summed E-state index contributed by atoms with van der Waals surface area (Å²) in [5, 5.41) is 28.2. The number of carbonyl (C=O) groups excluding carboxylic acids is 2. The van der Waals surface area contributed by atoms with E-state index in [9.17, 15) is 24.3 Å². The second-order valence-corrected chi connectivity index (χ2v) is 11.8. The molecule has 4 N–H and O–H groups in total. The molecule has 2 aromatic carbocycles. The fourth-order valence-corrected chi connectivity index (χ4v) is 5.45. The van der Waals surface area contributed by atoms with Crippen molar-refractivity contribution in [3.05, 3.63) is 69.1 Å². The van der Waals surface area contributed by atoms with E-state index in [2.05, 4.69) is 31.1 Å². The molecule has 2 aliphatic rings. The highest BCUT2D eigenvalue weighted by molar-refractivity contribution is 8.18. The molecule has 0 bridgehead atoms. The normalized spacial score (nSPS) is 17.8. The van der Waals surface area contributed by atoms with Crippen LogP contribution in [-0.4, -0.2) is 75.6 Å². The van der Waals surface area contributed by atoms with Crippen LogP contribution in [0.5, 0.6) is 17.2 Å². The monoisotopic (exact) mass is 612 g/mol. The predicted octanol–water partition coefficient (Wildman–Crippen LogP) is 4.62. The number of likely N-dealkylation sites (N-methyl/N-ethyl adjacent to an activating group) is 1. The molecule has 2 amide bonds. The Morgan fingerprint density at radius 2 is 1.65 bits per heavy atom. The molecule has 0 aromatic heterocycles. The zero-order valence-electron chi connectivity index (χ0n) is 24.9. The summed E-state index contributed by atoms with van der Waals surface area (Å²) in [6.07, 6.45) is 2.80. The lowest BCUT2D eigenvalue weighted by Gasteiger charge is -2.30. The molecule has 1 unspecified atom stereocenters. The minimum absolute atomic E-state index is 0.123. The van der Waals surface area contributed by atoms with Gasteiger partial charge in [0.1, 0.15) is 29.5 Å². The van der Waals surface area contributed by atoms with E-state index < -0.39 is 11.9 Å². The molecule has 0 radical (unpaired) electrons. The number of aromatic hydroxyl groups is 1. The Hall–Kier alpha value is -4.29. The molecule has 0 spiro atoms. The smallest absolute Gasteiger partial charge is 0.328 e. The molecular formula is C31H36N2O9S. The van der Waals surface area contributed by atoms with Gasteiger partial charge in [-0.15, -0.1) is 0 Å². The second kappa shape index (κ2) is 13.8. The van der Waals surface area contributed by atoms with Crippen LogP contribution >= 0.6 is 11.8 Å². The summed E-state index contributed by atoms with van der Waals surface area (Å²) in [6.45, 7) is 12.1. The third kappa shape index (κ3) is 8.39. The van der Waals surface area contributed by atoms with Crippen molar-refractivity contribution >= 4 is 40.9 Å². The van der Waals surface area contributed by atoms with Crippen LogP contribution in [0, 0.1) is 20.8 Å². The van der Waals surface area contributed by atoms with Gasteiger partial charge < -0.3 is 29.7 Å². The largest absolute Gasteiger partial charge is 0.507 e. The van der Waals surface area contributed by atoms with Crippen molar-refractivity contribution in [1.29, 1.82) is 0 Å². The molecule has 12 heteroatoms. The Morgan fingerprint density at radius 3 is 2.19 bits per heavy atom. The van der Waals surface area contributed by atoms with Gasteiger partial charge in [0.2, 0.25) is 0 Å². The maximum Gasteiger partial charge on any atom is 0.328 e. The summed E-state index contributed by atoms with van der Waals surface area (Å²) in [5.41, 5.74) is 4.33. The van der Waals surface area contributed by atoms with Crippen molar-refractivity contribution in [2.24, 2.45) is 0 Å². The average molecular weight is 613 g/mol. The van der Waals surface area contributed by atoms with Gasteiger partial charge in [-0.1, -0.05) is 12.1 Å². The first-order valence-corrected chi connectivity index (χ1v) is 14.2. The van der Waals surface area contributed by atoms with E-state index in [-0.39, 0.29) is 22.7 Å². The number of amides is 2. The zero-order valence-corrected chi connectivity index (χ0v) is 25.7. The lowest BCUT2D eigenvalue weighted by Crippen LogP contribution is -2.38. The highest BCUT2D eigenvalue weighted by Crippen LogP contribution is 2.51. The molecule has 2 aromatic rings. The van der Waals surface area contributed by atoms with Gasteiger partial charge in [0.25, 0.3) is 11.1 Å². The third-order valence-corrected chi connectivity index (χ3v) is 8.05. The Labute approximate surface area is 254 Å². The van der Waals surface area contributed by atoms with E-state index in [1.807, 2.05) is 45.0 Å². The van der Waals surface area contributed by atoms with Crippen molar-refractivity contribution in [3.8, 4) is 17.2 Å². The molecule has 4 rings (SSSR count). The highest BCUT2D eigenvalue weighted by atomic mass is 32.2. The number of imide groups is 1. The molecule has 43 heavy (non-hydrogen) atoms. The number of nitrogens with one attached hydrogen (secondary N) is 1. The number of phenols is 1. The molecular weight excluding hydrogens is 576 g/mol. The number of thioether (sulfide) groups is 1. The van der Waals surface area contributed by atoms with Crippen molar-refractivity contribution in [1.82, 2.24) is 10.2 Å². The molecule has 2 aliphatic heterocycles. The number of benzene rings is 2. The van der Waals surface area contributed by atoms with Crippen LogP contribution in [0.2, 0.25) is 0 Å². The van der Waals surface area contributed by atoms with Crippen LogP contribution in [0.1, 0.15) is 47.6 Å². The maximum absolute atomic E-state index is 11.7. The number of hydrogen-bond donors (Lipinski definition) is 4. The summed E-state index contributed by atoms with van der Waals surface area (Å²) in [5.74, 6) is -0.751. The lowest BCUT2D eigenvalue weighted by atomic mass is 9.82. The predicted molar refractivity (Wildman–Crippen MR) is 163 cm³/mol. The lowest BCUT2D eigenvalue weighted by molar-refractivity contribution is -0.134. The first-order chi connectivity index (χ1) is 20.1. The summed E-state index contributed by atoms with van der Waals surface area (Å²) >= 11 is 0.903. The van der Waals surface area contributed by atoms with Crippen molar-refractivity contribution in [2.45, 2.75) is 46.1 Å². The van der Waals surface area contributed by atoms with Crippen molar-refractivity contribution in [3.63, 3.8) is 0 Å². The van der Waals surface area contributed by atoms with E-state index in [0.717, 1.165) is 64.2 Å². The van der Waals surface area contributed by atoms with E-state index in [1.54, 1.807) is 6.08 Å². The number of rotatable bonds is 9. The first-order valence-electron chi connectivity index (χ1n) is 13.4. The van der Waals surface area contributed by atoms with E-state index in [4.69, 9.17) is 19.7 Å². The van der Waals surface area contributed by atoms with Gasteiger partial charge in [-0.2, -0.15) is 0 Å². The number of hydrogen-bond acceptors (Lipinski definition) is 9. The summed E-state index contributed by atoms with van der Waals surface area (Å²) in [7, 11) is 2.06.